The van der Waals surface area contributed by atoms with Crippen LogP contribution in [0.2, 0.25) is 0 Å². The summed E-state index contributed by atoms with van der Waals surface area (Å²) in [4.78, 5) is 7.19. The minimum Gasteiger partial charge on any atom is -0.385 e. The SMILES string of the molecule is CCNC(=NCc1ccccc1CN1CCOCC1)NCCCOC.I. The van der Waals surface area contributed by atoms with Crippen LogP contribution in [0.5, 0.6) is 0 Å². The average molecular weight is 476 g/mol. The standard InChI is InChI=1S/C19H32N4O2.HI/c1-3-20-19(21-9-6-12-24-2)22-15-17-7-4-5-8-18(17)16-23-10-13-25-14-11-23;/h4-5,7-8H,3,6,9-16H2,1-2H3,(H2,20,21,22);1H. The van der Waals surface area contributed by atoms with Crippen molar-refractivity contribution < 1.29 is 9.47 Å². The largest absolute Gasteiger partial charge is 0.385 e. The van der Waals surface area contributed by atoms with Gasteiger partial charge in [0, 0.05) is 46.4 Å². The summed E-state index contributed by atoms with van der Waals surface area (Å²) in [6.45, 7) is 9.86. The Kier molecular flexibility index (Phi) is 12.6. The van der Waals surface area contributed by atoms with E-state index in [0.717, 1.165) is 64.9 Å². The van der Waals surface area contributed by atoms with Crippen molar-refractivity contribution in [1.82, 2.24) is 15.5 Å². The summed E-state index contributed by atoms with van der Waals surface area (Å²) in [6, 6.07) is 8.58. The Morgan fingerprint density at radius 1 is 1.19 bits per heavy atom. The molecule has 1 heterocycles. The second-order valence-electron chi connectivity index (χ2n) is 6.13. The molecule has 0 amide bonds. The van der Waals surface area contributed by atoms with E-state index >= 15 is 0 Å². The predicted octanol–water partition coefficient (Wildman–Crippen LogP) is 2.23. The second-order valence-corrected chi connectivity index (χ2v) is 6.13. The number of hydrogen-bond donors (Lipinski definition) is 2. The van der Waals surface area contributed by atoms with E-state index < -0.39 is 0 Å². The Morgan fingerprint density at radius 2 is 1.92 bits per heavy atom. The normalized spacial score (nSPS) is 15.4. The molecule has 0 aliphatic carbocycles. The third kappa shape index (κ3) is 8.66. The van der Waals surface area contributed by atoms with Crippen molar-refractivity contribution >= 4 is 29.9 Å². The summed E-state index contributed by atoms with van der Waals surface area (Å²) in [5.41, 5.74) is 2.63. The summed E-state index contributed by atoms with van der Waals surface area (Å²) >= 11 is 0. The number of halogens is 1. The van der Waals surface area contributed by atoms with Gasteiger partial charge in [0.05, 0.1) is 19.8 Å². The first-order chi connectivity index (χ1) is 12.3. The number of hydrogen-bond acceptors (Lipinski definition) is 4. The molecular weight excluding hydrogens is 443 g/mol. The van der Waals surface area contributed by atoms with Crippen LogP contribution in [0, 0.1) is 0 Å². The van der Waals surface area contributed by atoms with Crippen molar-refractivity contribution in [1.29, 1.82) is 0 Å². The zero-order valence-electron chi connectivity index (χ0n) is 16.0. The number of morpholine rings is 1. The van der Waals surface area contributed by atoms with E-state index in [1.54, 1.807) is 7.11 Å². The molecule has 1 fully saturated rings. The summed E-state index contributed by atoms with van der Waals surface area (Å²) in [5, 5.41) is 6.66. The van der Waals surface area contributed by atoms with E-state index in [0.29, 0.717) is 6.54 Å². The molecule has 6 nitrogen and oxygen atoms in total. The Labute approximate surface area is 174 Å². The van der Waals surface area contributed by atoms with Crippen LogP contribution in [0.15, 0.2) is 29.3 Å². The van der Waals surface area contributed by atoms with Crippen LogP contribution < -0.4 is 10.6 Å². The molecule has 1 aliphatic rings. The van der Waals surface area contributed by atoms with Gasteiger partial charge >= 0.3 is 0 Å². The Balaban J connectivity index is 0.00000338. The Hall–Kier alpha value is -0.900. The lowest BCUT2D eigenvalue weighted by Crippen LogP contribution is -2.38. The molecule has 1 saturated heterocycles. The molecule has 1 aliphatic heterocycles. The molecule has 0 spiro atoms. The van der Waals surface area contributed by atoms with Crippen LogP contribution >= 0.6 is 24.0 Å². The zero-order valence-corrected chi connectivity index (χ0v) is 18.3. The van der Waals surface area contributed by atoms with Crippen molar-refractivity contribution in [3.05, 3.63) is 35.4 Å². The molecule has 0 aromatic heterocycles. The molecule has 0 radical (unpaired) electrons. The van der Waals surface area contributed by atoms with Crippen LogP contribution in [0.3, 0.4) is 0 Å². The highest BCUT2D eigenvalue weighted by Crippen LogP contribution is 2.14. The number of ether oxygens (including phenoxy) is 2. The molecule has 1 aromatic carbocycles. The molecular formula is C19H33IN4O2. The Morgan fingerprint density at radius 3 is 2.62 bits per heavy atom. The van der Waals surface area contributed by atoms with Crippen LogP contribution in [0.25, 0.3) is 0 Å². The molecule has 0 bridgehead atoms. The first-order valence-corrected chi connectivity index (χ1v) is 9.21. The molecule has 2 N–H and O–H groups in total. The minimum absolute atomic E-state index is 0. The molecule has 0 saturated carbocycles. The van der Waals surface area contributed by atoms with Crippen LogP contribution in [-0.4, -0.2) is 64.0 Å². The van der Waals surface area contributed by atoms with Crippen molar-refractivity contribution in [2.75, 3.05) is 53.1 Å². The summed E-state index contributed by atoms with van der Waals surface area (Å²) < 4.78 is 10.5. The second kappa shape index (κ2) is 14.2. The fraction of sp³-hybridized carbons (Fsp3) is 0.632. The van der Waals surface area contributed by atoms with Gasteiger partial charge in [-0.3, -0.25) is 4.90 Å². The van der Waals surface area contributed by atoms with Crippen molar-refractivity contribution in [2.24, 2.45) is 4.99 Å². The molecule has 26 heavy (non-hydrogen) atoms. The maximum atomic E-state index is 5.44. The number of guanidine groups is 1. The monoisotopic (exact) mass is 476 g/mol. The quantitative estimate of drug-likeness (QED) is 0.248. The van der Waals surface area contributed by atoms with Crippen LogP contribution in [-0.2, 0) is 22.6 Å². The zero-order chi connectivity index (χ0) is 17.7. The number of rotatable bonds is 9. The number of nitrogens with zero attached hydrogens (tertiary/aromatic N) is 2. The van der Waals surface area contributed by atoms with Gasteiger partial charge in [-0.25, -0.2) is 4.99 Å². The summed E-state index contributed by atoms with van der Waals surface area (Å²) in [6.07, 6.45) is 0.967. The number of methoxy groups -OCH3 is 1. The lowest BCUT2D eigenvalue weighted by molar-refractivity contribution is 0.0341. The fourth-order valence-electron chi connectivity index (χ4n) is 2.80. The minimum atomic E-state index is 0. The van der Waals surface area contributed by atoms with Gasteiger partial charge in [0.15, 0.2) is 5.96 Å². The van der Waals surface area contributed by atoms with Gasteiger partial charge in [-0.2, -0.15) is 0 Å². The van der Waals surface area contributed by atoms with Gasteiger partial charge in [-0.1, -0.05) is 24.3 Å². The maximum absolute atomic E-state index is 5.44. The van der Waals surface area contributed by atoms with Gasteiger partial charge in [0.25, 0.3) is 0 Å². The molecule has 7 heteroatoms. The third-order valence-corrected chi connectivity index (χ3v) is 4.19. The van der Waals surface area contributed by atoms with Gasteiger partial charge in [0.2, 0.25) is 0 Å². The highest BCUT2D eigenvalue weighted by molar-refractivity contribution is 14.0. The van der Waals surface area contributed by atoms with Crippen molar-refractivity contribution in [3.8, 4) is 0 Å². The molecule has 2 rings (SSSR count). The van der Waals surface area contributed by atoms with E-state index in [1.807, 2.05) is 0 Å². The highest BCUT2D eigenvalue weighted by atomic mass is 127. The first-order valence-electron chi connectivity index (χ1n) is 9.21. The lowest BCUT2D eigenvalue weighted by atomic mass is 10.1. The van der Waals surface area contributed by atoms with Gasteiger partial charge in [0.1, 0.15) is 0 Å². The number of benzene rings is 1. The van der Waals surface area contributed by atoms with Crippen LogP contribution in [0.1, 0.15) is 24.5 Å². The van der Waals surface area contributed by atoms with E-state index in [4.69, 9.17) is 14.5 Å². The molecule has 0 atom stereocenters. The van der Waals surface area contributed by atoms with Gasteiger partial charge in [-0.15, -0.1) is 24.0 Å². The third-order valence-electron chi connectivity index (χ3n) is 4.19. The number of aliphatic imine (C=N–C) groups is 1. The topological polar surface area (TPSA) is 58.1 Å². The molecule has 1 aromatic rings. The van der Waals surface area contributed by atoms with E-state index in [2.05, 4.69) is 46.7 Å². The lowest BCUT2D eigenvalue weighted by Gasteiger charge is -2.27. The average Bonchev–Trinajstić information content (AvgIpc) is 2.65. The van der Waals surface area contributed by atoms with Gasteiger partial charge < -0.3 is 20.1 Å². The van der Waals surface area contributed by atoms with E-state index in [-0.39, 0.29) is 24.0 Å². The fourth-order valence-corrected chi connectivity index (χ4v) is 2.80. The molecule has 148 valence electrons. The highest BCUT2D eigenvalue weighted by Gasteiger charge is 2.12. The van der Waals surface area contributed by atoms with E-state index in [1.165, 1.54) is 11.1 Å². The molecule has 0 unspecified atom stereocenters. The van der Waals surface area contributed by atoms with Gasteiger partial charge in [-0.05, 0) is 24.5 Å². The van der Waals surface area contributed by atoms with Crippen molar-refractivity contribution in [3.63, 3.8) is 0 Å². The Bertz CT molecular complexity index is 522. The summed E-state index contributed by atoms with van der Waals surface area (Å²) in [5.74, 6) is 0.861. The predicted molar refractivity (Wildman–Crippen MR) is 117 cm³/mol. The number of nitrogens with one attached hydrogen (secondary N) is 2. The smallest absolute Gasteiger partial charge is 0.191 e. The summed E-state index contributed by atoms with van der Waals surface area (Å²) in [7, 11) is 1.73. The first kappa shape index (κ1) is 23.1. The van der Waals surface area contributed by atoms with Crippen molar-refractivity contribution in [2.45, 2.75) is 26.4 Å². The van der Waals surface area contributed by atoms with Crippen LogP contribution in [0.4, 0.5) is 0 Å². The van der Waals surface area contributed by atoms with E-state index in [9.17, 15) is 0 Å². The maximum Gasteiger partial charge on any atom is 0.191 e.